The fourth-order valence-electron chi connectivity index (χ4n) is 1.96. The largest absolute Gasteiger partial charge is 0.363 e. The molecule has 0 bridgehead atoms. The first-order chi connectivity index (χ1) is 10.2. The Morgan fingerprint density at radius 1 is 1.19 bits per heavy atom. The number of benzene rings is 1. The van der Waals surface area contributed by atoms with Crippen LogP contribution in [0, 0.1) is 0 Å². The fourth-order valence-corrected chi connectivity index (χ4v) is 2.36. The summed E-state index contributed by atoms with van der Waals surface area (Å²) in [6.07, 6.45) is 1.80. The van der Waals surface area contributed by atoms with Gasteiger partial charge in [0.2, 0.25) is 0 Å². The average molecular weight is 320 g/mol. The van der Waals surface area contributed by atoms with Crippen molar-refractivity contribution in [2.75, 3.05) is 6.54 Å². The monoisotopic (exact) mass is 319 g/mol. The highest BCUT2D eigenvalue weighted by molar-refractivity contribution is 7.80. The summed E-state index contributed by atoms with van der Waals surface area (Å²) in [5.41, 5.74) is 2.15. The van der Waals surface area contributed by atoms with Crippen molar-refractivity contribution in [1.82, 2.24) is 15.2 Å². The molecule has 0 aliphatic carbocycles. The van der Waals surface area contributed by atoms with Crippen LogP contribution in [0.4, 0.5) is 0 Å². The van der Waals surface area contributed by atoms with Gasteiger partial charge in [-0.2, -0.15) is 0 Å². The average Bonchev–Trinajstić information content (AvgIpc) is 2.50. The standard InChI is InChI=1S/C16H18ClN3S/c1-2-18-16(21)20(12-15-5-3-4-10-19-15)11-13-6-8-14(17)9-7-13/h3-10H,2,11-12H2,1H3,(H,18,21). The molecule has 0 fully saturated rings. The van der Waals surface area contributed by atoms with Crippen molar-refractivity contribution in [2.45, 2.75) is 20.0 Å². The lowest BCUT2D eigenvalue weighted by Crippen LogP contribution is -2.38. The van der Waals surface area contributed by atoms with Gasteiger partial charge < -0.3 is 10.2 Å². The van der Waals surface area contributed by atoms with E-state index in [-0.39, 0.29) is 0 Å². The van der Waals surface area contributed by atoms with Crippen molar-refractivity contribution in [2.24, 2.45) is 0 Å². The van der Waals surface area contributed by atoms with E-state index in [0.717, 1.165) is 34.5 Å². The molecule has 110 valence electrons. The Labute approximate surface area is 136 Å². The van der Waals surface area contributed by atoms with E-state index in [9.17, 15) is 0 Å². The number of hydrogen-bond acceptors (Lipinski definition) is 2. The summed E-state index contributed by atoms with van der Waals surface area (Å²) in [6, 6.07) is 13.7. The topological polar surface area (TPSA) is 28.2 Å². The predicted octanol–water partition coefficient (Wildman–Crippen LogP) is 3.63. The molecule has 0 spiro atoms. The molecule has 5 heteroatoms. The first-order valence-electron chi connectivity index (χ1n) is 6.86. The zero-order chi connectivity index (χ0) is 15.1. The minimum Gasteiger partial charge on any atom is -0.363 e. The molecule has 0 amide bonds. The first kappa shape index (κ1) is 15.7. The van der Waals surface area contributed by atoms with Gasteiger partial charge in [-0.1, -0.05) is 29.8 Å². The number of pyridine rings is 1. The van der Waals surface area contributed by atoms with Crippen molar-refractivity contribution < 1.29 is 0 Å². The second-order valence-electron chi connectivity index (χ2n) is 4.64. The maximum atomic E-state index is 5.93. The Kier molecular flexibility index (Phi) is 5.96. The zero-order valence-corrected chi connectivity index (χ0v) is 13.5. The number of halogens is 1. The predicted molar refractivity (Wildman–Crippen MR) is 91.2 cm³/mol. The number of hydrogen-bond donors (Lipinski definition) is 1. The van der Waals surface area contributed by atoms with E-state index in [1.54, 1.807) is 6.20 Å². The molecule has 2 rings (SSSR count). The molecule has 0 aliphatic heterocycles. The first-order valence-corrected chi connectivity index (χ1v) is 7.64. The molecular weight excluding hydrogens is 302 g/mol. The lowest BCUT2D eigenvalue weighted by atomic mass is 10.2. The highest BCUT2D eigenvalue weighted by Gasteiger charge is 2.11. The summed E-state index contributed by atoms with van der Waals surface area (Å²) < 4.78 is 0. The van der Waals surface area contributed by atoms with Crippen LogP contribution in [-0.4, -0.2) is 21.5 Å². The lowest BCUT2D eigenvalue weighted by Gasteiger charge is -2.25. The molecule has 0 unspecified atom stereocenters. The van der Waals surface area contributed by atoms with E-state index in [1.807, 2.05) is 49.4 Å². The second kappa shape index (κ2) is 7.96. The van der Waals surface area contributed by atoms with Gasteiger partial charge in [0.05, 0.1) is 12.2 Å². The van der Waals surface area contributed by atoms with Gasteiger partial charge in [-0.3, -0.25) is 4.98 Å². The van der Waals surface area contributed by atoms with Crippen LogP contribution in [0.1, 0.15) is 18.2 Å². The molecule has 1 N–H and O–H groups in total. The molecule has 0 radical (unpaired) electrons. The highest BCUT2D eigenvalue weighted by atomic mass is 35.5. The van der Waals surface area contributed by atoms with Gasteiger partial charge in [-0.15, -0.1) is 0 Å². The molecule has 1 aromatic carbocycles. The van der Waals surface area contributed by atoms with Crippen LogP contribution < -0.4 is 5.32 Å². The summed E-state index contributed by atoms with van der Waals surface area (Å²) >= 11 is 11.4. The summed E-state index contributed by atoms with van der Waals surface area (Å²) in [5.74, 6) is 0. The summed E-state index contributed by atoms with van der Waals surface area (Å²) in [7, 11) is 0. The maximum Gasteiger partial charge on any atom is 0.169 e. The molecule has 2 aromatic rings. The van der Waals surface area contributed by atoms with Crippen molar-refractivity contribution >= 4 is 28.9 Å². The van der Waals surface area contributed by atoms with Crippen LogP contribution >= 0.6 is 23.8 Å². The van der Waals surface area contributed by atoms with Crippen LogP contribution in [0.5, 0.6) is 0 Å². The molecule has 1 heterocycles. The number of thiocarbonyl (C=S) groups is 1. The van der Waals surface area contributed by atoms with Crippen LogP contribution in [0.25, 0.3) is 0 Å². The lowest BCUT2D eigenvalue weighted by molar-refractivity contribution is 0.395. The third kappa shape index (κ3) is 4.99. The molecule has 0 saturated carbocycles. The second-order valence-corrected chi connectivity index (χ2v) is 5.46. The Balaban J connectivity index is 2.11. The van der Waals surface area contributed by atoms with E-state index in [1.165, 1.54) is 0 Å². The molecule has 0 saturated heterocycles. The molecule has 1 aromatic heterocycles. The van der Waals surface area contributed by atoms with Crippen LogP contribution in [0.15, 0.2) is 48.7 Å². The van der Waals surface area contributed by atoms with Crippen molar-refractivity contribution in [3.63, 3.8) is 0 Å². The van der Waals surface area contributed by atoms with E-state index in [2.05, 4.69) is 15.2 Å². The summed E-state index contributed by atoms with van der Waals surface area (Å²) in [4.78, 5) is 6.47. The number of nitrogens with zero attached hydrogens (tertiary/aromatic N) is 2. The Bertz CT molecular complexity index is 572. The van der Waals surface area contributed by atoms with Gasteiger partial charge in [-0.25, -0.2) is 0 Å². The van der Waals surface area contributed by atoms with Crippen molar-refractivity contribution in [1.29, 1.82) is 0 Å². The van der Waals surface area contributed by atoms with Crippen LogP contribution in [0.2, 0.25) is 5.02 Å². The normalized spacial score (nSPS) is 10.2. The minimum atomic E-state index is 0.676. The minimum absolute atomic E-state index is 0.676. The van der Waals surface area contributed by atoms with Crippen molar-refractivity contribution in [3.8, 4) is 0 Å². The van der Waals surface area contributed by atoms with Gasteiger partial charge in [0.25, 0.3) is 0 Å². The smallest absolute Gasteiger partial charge is 0.169 e. The zero-order valence-electron chi connectivity index (χ0n) is 11.9. The van der Waals surface area contributed by atoms with E-state index in [0.29, 0.717) is 6.54 Å². The Morgan fingerprint density at radius 2 is 1.95 bits per heavy atom. The summed E-state index contributed by atoms with van der Waals surface area (Å²) in [5, 5.41) is 4.68. The van der Waals surface area contributed by atoms with E-state index in [4.69, 9.17) is 23.8 Å². The molecule has 0 aliphatic rings. The van der Waals surface area contributed by atoms with Gasteiger partial charge in [-0.05, 0) is 49.0 Å². The molecular formula is C16H18ClN3S. The fraction of sp³-hybridized carbons (Fsp3) is 0.250. The van der Waals surface area contributed by atoms with Crippen LogP contribution in [-0.2, 0) is 13.1 Å². The molecule has 21 heavy (non-hydrogen) atoms. The Hall–Kier alpha value is -1.65. The number of nitrogens with one attached hydrogen (secondary N) is 1. The van der Waals surface area contributed by atoms with Gasteiger partial charge in [0.15, 0.2) is 5.11 Å². The Morgan fingerprint density at radius 3 is 2.57 bits per heavy atom. The van der Waals surface area contributed by atoms with E-state index < -0.39 is 0 Å². The quantitative estimate of drug-likeness (QED) is 0.852. The maximum absolute atomic E-state index is 5.93. The highest BCUT2D eigenvalue weighted by Crippen LogP contribution is 2.13. The molecule has 3 nitrogen and oxygen atoms in total. The van der Waals surface area contributed by atoms with E-state index >= 15 is 0 Å². The number of rotatable bonds is 5. The molecule has 0 atom stereocenters. The van der Waals surface area contributed by atoms with Crippen LogP contribution in [0.3, 0.4) is 0 Å². The third-order valence-electron chi connectivity index (χ3n) is 2.98. The third-order valence-corrected chi connectivity index (χ3v) is 3.64. The SMILES string of the molecule is CCNC(=S)N(Cc1ccc(Cl)cc1)Cc1ccccn1. The summed E-state index contributed by atoms with van der Waals surface area (Å²) in [6.45, 7) is 4.24. The van der Waals surface area contributed by atoms with Gasteiger partial charge in [0.1, 0.15) is 0 Å². The van der Waals surface area contributed by atoms with Gasteiger partial charge in [0, 0.05) is 24.3 Å². The van der Waals surface area contributed by atoms with Gasteiger partial charge >= 0.3 is 0 Å². The number of aromatic nitrogens is 1. The van der Waals surface area contributed by atoms with Crippen molar-refractivity contribution in [3.05, 3.63) is 64.9 Å².